The number of carboxylic acid groups (broad SMARTS) is 1. The summed E-state index contributed by atoms with van der Waals surface area (Å²) in [6, 6.07) is 0. The predicted molar refractivity (Wildman–Crippen MR) is 79.3 cm³/mol. The van der Waals surface area contributed by atoms with Gasteiger partial charge in [-0.15, -0.1) is 11.6 Å². The Morgan fingerprint density at radius 1 is 1.42 bits per heavy atom. The number of aromatic nitrogens is 2. The molecule has 0 amide bonds. The van der Waals surface area contributed by atoms with Crippen LogP contribution in [-0.4, -0.2) is 56.8 Å². The van der Waals surface area contributed by atoms with Crippen LogP contribution in [0.3, 0.4) is 0 Å². The minimum absolute atomic E-state index is 0.159. The summed E-state index contributed by atoms with van der Waals surface area (Å²) in [5.74, 6) is -2.59. The SMILES string of the molecule is CC(=O)OC[C@H]1O[C@@H](n2cnc(C(=O)O)c2N)[C@H](Cl)[C@@H]1OC(C)=O. The molecule has 4 atom stereocenters. The molecule has 11 heteroatoms. The fraction of sp³-hybridized carbons (Fsp3) is 0.538. The number of hydrogen-bond acceptors (Lipinski definition) is 8. The maximum atomic E-state index is 11.3. The first-order valence-corrected chi connectivity index (χ1v) is 7.31. The van der Waals surface area contributed by atoms with Crippen LogP contribution in [0.4, 0.5) is 5.82 Å². The molecule has 0 unspecified atom stereocenters. The first kappa shape index (κ1) is 18.0. The Labute approximate surface area is 141 Å². The van der Waals surface area contributed by atoms with E-state index in [9.17, 15) is 14.4 Å². The highest BCUT2D eigenvalue weighted by molar-refractivity contribution is 6.21. The van der Waals surface area contributed by atoms with Gasteiger partial charge in [-0.2, -0.15) is 0 Å². The minimum atomic E-state index is -1.30. The van der Waals surface area contributed by atoms with Crippen LogP contribution >= 0.6 is 11.6 Å². The van der Waals surface area contributed by atoms with Gasteiger partial charge in [-0.25, -0.2) is 9.78 Å². The number of hydrogen-bond donors (Lipinski definition) is 2. The Morgan fingerprint density at radius 3 is 2.58 bits per heavy atom. The summed E-state index contributed by atoms with van der Waals surface area (Å²) in [4.78, 5) is 37.0. The molecule has 2 heterocycles. The first-order chi connectivity index (χ1) is 11.2. The lowest BCUT2D eigenvalue weighted by atomic mass is 10.1. The second-order valence-corrected chi connectivity index (χ2v) is 5.58. The van der Waals surface area contributed by atoms with Crippen molar-refractivity contribution in [3.8, 4) is 0 Å². The van der Waals surface area contributed by atoms with Gasteiger partial charge in [-0.1, -0.05) is 0 Å². The Balaban J connectivity index is 2.26. The number of halogens is 1. The lowest BCUT2D eigenvalue weighted by Gasteiger charge is -2.19. The Morgan fingerprint density at radius 2 is 2.08 bits per heavy atom. The Kier molecular flexibility index (Phi) is 5.30. The van der Waals surface area contributed by atoms with Crippen LogP contribution in [0, 0.1) is 0 Å². The maximum Gasteiger partial charge on any atom is 0.358 e. The average Bonchev–Trinajstić information content (AvgIpc) is 2.98. The molecule has 1 aromatic heterocycles. The maximum absolute atomic E-state index is 11.3. The number of aromatic carboxylic acids is 1. The molecule has 0 aromatic carbocycles. The zero-order valence-electron chi connectivity index (χ0n) is 12.8. The first-order valence-electron chi connectivity index (χ1n) is 6.88. The van der Waals surface area contributed by atoms with Crippen molar-refractivity contribution < 1.29 is 33.7 Å². The van der Waals surface area contributed by atoms with Gasteiger partial charge in [0.2, 0.25) is 0 Å². The Bertz CT molecular complexity index is 662. The molecular weight excluding hydrogens is 346 g/mol. The van der Waals surface area contributed by atoms with E-state index < -0.39 is 41.7 Å². The fourth-order valence-electron chi connectivity index (χ4n) is 2.32. The summed E-state index contributed by atoms with van der Waals surface area (Å²) in [6.07, 6.45) is -1.53. The molecule has 1 aliphatic heterocycles. The number of nitrogens with zero attached hydrogens (tertiary/aromatic N) is 2. The van der Waals surface area contributed by atoms with E-state index in [2.05, 4.69) is 4.98 Å². The summed E-state index contributed by atoms with van der Waals surface area (Å²) in [5.41, 5.74) is 5.40. The number of rotatable bonds is 5. The molecule has 10 nitrogen and oxygen atoms in total. The molecule has 3 N–H and O–H groups in total. The van der Waals surface area contributed by atoms with Crippen LogP contribution in [0.2, 0.25) is 0 Å². The van der Waals surface area contributed by atoms with Crippen molar-refractivity contribution in [2.24, 2.45) is 0 Å². The van der Waals surface area contributed by atoms with Crippen molar-refractivity contribution in [2.75, 3.05) is 12.3 Å². The molecule has 0 bridgehead atoms. The minimum Gasteiger partial charge on any atom is -0.476 e. The number of nitrogen functional groups attached to an aromatic ring is 1. The van der Waals surface area contributed by atoms with E-state index in [0.29, 0.717) is 0 Å². The number of alkyl halides is 1. The van der Waals surface area contributed by atoms with Crippen LogP contribution in [-0.2, 0) is 23.8 Å². The summed E-state index contributed by atoms with van der Waals surface area (Å²) in [7, 11) is 0. The summed E-state index contributed by atoms with van der Waals surface area (Å²) < 4.78 is 16.9. The predicted octanol–water partition coefficient (Wildman–Crippen LogP) is 0.163. The molecule has 0 saturated carbocycles. The number of carboxylic acids is 1. The van der Waals surface area contributed by atoms with Crippen molar-refractivity contribution in [3.63, 3.8) is 0 Å². The van der Waals surface area contributed by atoms with Gasteiger partial charge in [-0.05, 0) is 0 Å². The standard InChI is InChI=1S/C13H16ClN3O7/c1-5(18)22-3-7-10(23-6(2)19)8(14)12(24-7)17-4-16-9(11(17)15)13(20)21/h4,7-8,10,12H,3,15H2,1-2H3,(H,20,21)/t7-,8-,10-,12-/m1/s1. The van der Waals surface area contributed by atoms with E-state index in [1.165, 1.54) is 18.4 Å². The fourth-order valence-corrected chi connectivity index (χ4v) is 2.72. The van der Waals surface area contributed by atoms with Crippen LogP contribution in [0.1, 0.15) is 30.6 Å². The third-order valence-electron chi connectivity index (χ3n) is 3.33. The van der Waals surface area contributed by atoms with Crippen molar-refractivity contribution in [2.45, 2.75) is 37.7 Å². The number of nitrogens with two attached hydrogens (primary N) is 1. The molecule has 1 aliphatic rings. The van der Waals surface area contributed by atoms with Crippen LogP contribution in [0.25, 0.3) is 0 Å². The second kappa shape index (κ2) is 7.05. The van der Waals surface area contributed by atoms with Gasteiger partial charge in [0.05, 0.1) is 6.33 Å². The molecule has 0 radical (unpaired) electrons. The number of ether oxygens (including phenoxy) is 3. The molecule has 0 spiro atoms. The van der Waals surface area contributed by atoms with E-state index in [1.54, 1.807) is 0 Å². The third kappa shape index (κ3) is 3.60. The molecule has 24 heavy (non-hydrogen) atoms. The molecule has 1 aromatic rings. The van der Waals surface area contributed by atoms with Gasteiger partial charge < -0.3 is 25.1 Å². The lowest BCUT2D eigenvalue weighted by Crippen LogP contribution is -2.35. The average molecular weight is 362 g/mol. The van der Waals surface area contributed by atoms with E-state index in [-0.39, 0.29) is 18.1 Å². The smallest absolute Gasteiger partial charge is 0.358 e. The highest BCUT2D eigenvalue weighted by atomic mass is 35.5. The van der Waals surface area contributed by atoms with Crippen molar-refractivity contribution >= 4 is 35.3 Å². The normalized spacial score (nSPS) is 26.1. The summed E-state index contributed by atoms with van der Waals surface area (Å²) in [5, 5.41) is 8.10. The van der Waals surface area contributed by atoms with Gasteiger partial charge in [-0.3, -0.25) is 14.2 Å². The van der Waals surface area contributed by atoms with Crippen LogP contribution in [0.15, 0.2) is 6.33 Å². The number of esters is 2. The van der Waals surface area contributed by atoms with Crippen molar-refractivity contribution in [3.05, 3.63) is 12.0 Å². The molecule has 2 rings (SSSR count). The molecular formula is C13H16ClN3O7. The number of carbonyl (C=O) groups is 3. The van der Waals surface area contributed by atoms with Crippen molar-refractivity contribution in [1.29, 1.82) is 0 Å². The number of imidazole rings is 1. The second-order valence-electron chi connectivity index (χ2n) is 5.08. The zero-order valence-corrected chi connectivity index (χ0v) is 13.6. The van der Waals surface area contributed by atoms with E-state index in [4.69, 9.17) is 36.7 Å². The van der Waals surface area contributed by atoms with Crippen molar-refractivity contribution in [1.82, 2.24) is 9.55 Å². The third-order valence-corrected chi connectivity index (χ3v) is 3.79. The molecule has 1 fully saturated rings. The molecule has 0 aliphatic carbocycles. The lowest BCUT2D eigenvalue weighted by molar-refractivity contribution is -0.155. The van der Waals surface area contributed by atoms with Crippen LogP contribution < -0.4 is 5.73 Å². The van der Waals surface area contributed by atoms with Gasteiger partial charge in [0.1, 0.15) is 23.9 Å². The van der Waals surface area contributed by atoms with Gasteiger partial charge >= 0.3 is 17.9 Å². The van der Waals surface area contributed by atoms with Gasteiger partial charge in [0, 0.05) is 13.8 Å². The van der Waals surface area contributed by atoms with E-state index in [1.807, 2.05) is 0 Å². The largest absolute Gasteiger partial charge is 0.476 e. The number of carbonyl (C=O) groups excluding carboxylic acids is 2. The summed E-state index contributed by atoms with van der Waals surface area (Å²) >= 11 is 6.30. The monoisotopic (exact) mass is 361 g/mol. The molecule has 1 saturated heterocycles. The number of anilines is 1. The highest BCUT2D eigenvalue weighted by Crippen LogP contribution is 2.37. The van der Waals surface area contributed by atoms with E-state index in [0.717, 1.165) is 6.33 Å². The highest BCUT2D eigenvalue weighted by Gasteiger charge is 2.48. The quantitative estimate of drug-likeness (QED) is 0.553. The van der Waals surface area contributed by atoms with Gasteiger partial charge in [0.25, 0.3) is 0 Å². The molecule has 132 valence electrons. The van der Waals surface area contributed by atoms with E-state index >= 15 is 0 Å². The Hall–Kier alpha value is -2.33. The topological polar surface area (TPSA) is 143 Å². The summed E-state index contributed by atoms with van der Waals surface area (Å²) in [6.45, 7) is 2.24. The van der Waals surface area contributed by atoms with Crippen LogP contribution in [0.5, 0.6) is 0 Å². The zero-order chi connectivity index (χ0) is 18.0. The van der Waals surface area contributed by atoms with Gasteiger partial charge in [0.15, 0.2) is 18.0 Å².